The molecule has 0 aromatic rings. The second kappa shape index (κ2) is 2.22. The van der Waals surface area contributed by atoms with Crippen LogP contribution in [0.15, 0.2) is 0 Å². The van der Waals surface area contributed by atoms with Gasteiger partial charge in [-0.05, 0) is 23.8 Å². The van der Waals surface area contributed by atoms with E-state index in [2.05, 4.69) is 19.2 Å². The topological polar surface area (TPSA) is 38.3 Å². The summed E-state index contributed by atoms with van der Waals surface area (Å²) in [4.78, 5) is 11.3. The van der Waals surface area contributed by atoms with Crippen LogP contribution in [0.5, 0.6) is 0 Å². The summed E-state index contributed by atoms with van der Waals surface area (Å²) in [5.74, 6) is 1.08. The van der Waals surface area contributed by atoms with Crippen LogP contribution in [-0.2, 0) is 9.53 Å². The predicted octanol–water partition coefficient (Wildman–Crippen LogP) is 0.403. The number of carbonyl (C=O) groups excluding carboxylic acids is 1. The molecule has 1 heterocycles. The monoisotopic (exact) mass is 169 g/mol. The lowest BCUT2D eigenvalue weighted by Crippen LogP contribution is -2.38. The maximum absolute atomic E-state index is 11.3. The first-order valence-electron chi connectivity index (χ1n) is 4.40. The summed E-state index contributed by atoms with van der Waals surface area (Å²) in [5, 5.41) is 3.19. The number of piperidine rings is 1. The van der Waals surface area contributed by atoms with Crippen LogP contribution in [0.2, 0.25) is 0 Å². The van der Waals surface area contributed by atoms with Crippen molar-refractivity contribution in [2.24, 2.45) is 17.3 Å². The number of fused-ring (bicyclic) bond motifs is 1. The van der Waals surface area contributed by atoms with Gasteiger partial charge in [0, 0.05) is 0 Å². The highest BCUT2D eigenvalue weighted by Crippen LogP contribution is 2.62. The van der Waals surface area contributed by atoms with Crippen molar-refractivity contribution in [3.05, 3.63) is 0 Å². The van der Waals surface area contributed by atoms with Crippen LogP contribution in [0, 0.1) is 17.3 Å². The highest BCUT2D eigenvalue weighted by molar-refractivity contribution is 5.77. The quantitative estimate of drug-likeness (QED) is 0.577. The van der Waals surface area contributed by atoms with E-state index >= 15 is 0 Å². The van der Waals surface area contributed by atoms with E-state index < -0.39 is 0 Å². The number of hydrogen-bond acceptors (Lipinski definition) is 3. The Morgan fingerprint density at radius 1 is 1.58 bits per heavy atom. The maximum atomic E-state index is 11.3. The van der Waals surface area contributed by atoms with Crippen molar-refractivity contribution in [1.82, 2.24) is 5.32 Å². The Morgan fingerprint density at radius 3 is 2.67 bits per heavy atom. The molecule has 0 amide bonds. The number of ether oxygens (including phenoxy) is 1. The molecule has 3 atom stereocenters. The molecule has 12 heavy (non-hydrogen) atoms. The van der Waals surface area contributed by atoms with Gasteiger partial charge in [-0.3, -0.25) is 4.79 Å². The molecule has 3 nitrogen and oxygen atoms in total. The third-order valence-corrected chi connectivity index (χ3v) is 3.51. The number of methoxy groups -OCH3 is 1. The molecular formula is C9H15NO2. The summed E-state index contributed by atoms with van der Waals surface area (Å²) in [5.41, 5.74) is 0.351. The Morgan fingerprint density at radius 2 is 2.25 bits per heavy atom. The normalized spacial score (nSPS) is 42.1. The molecule has 68 valence electrons. The minimum atomic E-state index is -0.104. The second-order valence-corrected chi connectivity index (χ2v) is 4.36. The van der Waals surface area contributed by atoms with E-state index in [9.17, 15) is 4.79 Å². The van der Waals surface area contributed by atoms with Crippen molar-refractivity contribution in [3.8, 4) is 0 Å². The second-order valence-electron chi connectivity index (χ2n) is 4.36. The largest absolute Gasteiger partial charge is 0.468 e. The van der Waals surface area contributed by atoms with Crippen LogP contribution < -0.4 is 5.32 Å². The summed E-state index contributed by atoms with van der Waals surface area (Å²) >= 11 is 0. The molecule has 1 aliphatic heterocycles. The van der Waals surface area contributed by atoms with E-state index in [0.29, 0.717) is 17.3 Å². The van der Waals surface area contributed by atoms with E-state index in [1.807, 2.05) is 0 Å². The van der Waals surface area contributed by atoms with Gasteiger partial charge in [0.25, 0.3) is 0 Å². The Kier molecular flexibility index (Phi) is 1.49. The van der Waals surface area contributed by atoms with Gasteiger partial charge in [0.05, 0.1) is 7.11 Å². The number of hydrogen-bond donors (Lipinski definition) is 1. The van der Waals surface area contributed by atoms with Gasteiger partial charge in [-0.15, -0.1) is 0 Å². The van der Waals surface area contributed by atoms with Gasteiger partial charge in [-0.2, -0.15) is 0 Å². The molecule has 0 bridgehead atoms. The average Bonchev–Trinajstić information content (AvgIpc) is 2.52. The van der Waals surface area contributed by atoms with Crippen LogP contribution in [0.1, 0.15) is 13.8 Å². The van der Waals surface area contributed by atoms with Gasteiger partial charge < -0.3 is 10.1 Å². The van der Waals surface area contributed by atoms with Gasteiger partial charge in [0.1, 0.15) is 6.04 Å². The first-order chi connectivity index (χ1) is 5.59. The molecule has 1 aliphatic carbocycles. The van der Waals surface area contributed by atoms with Crippen molar-refractivity contribution in [1.29, 1.82) is 0 Å². The third kappa shape index (κ3) is 0.829. The van der Waals surface area contributed by atoms with Gasteiger partial charge in [0.2, 0.25) is 0 Å². The first-order valence-corrected chi connectivity index (χ1v) is 4.40. The maximum Gasteiger partial charge on any atom is 0.323 e. The lowest BCUT2D eigenvalue weighted by atomic mass is 10.0. The van der Waals surface area contributed by atoms with Crippen molar-refractivity contribution in [3.63, 3.8) is 0 Å². The standard InChI is InChI=1S/C9H15NO2/c1-9(2)5-4-10-7(6(5)9)8(11)12-3/h5-7,10H,4H2,1-3H3/t5-,6-,7-/m0/s1. The van der Waals surface area contributed by atoms with Crippen molar-refractivity contribution in [2.75, 3.05) is 13.7 Å². The van der Waals surface area contributed by atoms with Gasteiger partial charge in [0.15, 0.2) is 0 Å². The van der Waals surface area contributed by atoms with Crippen molar-refractivity contribution < 1.29 is 9.53 Å². The summed E-state index contributed by atoms with van der Waals surface area (Å²) in [6.45, 7) is 5.41. The van der Waals surface area contributed by atoms with Crippen LogP contribution in [0.4, 0.5) is 0 Å². The highest BCUT2D eigenvalue weighted by atomic mass is 16.5. The molecule has 0 unspecified atom stereocenters. The average molecular weight is 169 g/mol. The fraction of sp³-hybridized carbons (Fsp3) is 0.889. The van der Waals surface area contributed by atoms with Crippen LogP contribution >= 0.6 is 0 Å². The van der Waals surface area contributed by atoms with Gasteiger partial charge >= 0.3 is 5.97 Å². The van der Waals surface area contributed by atoms with E-state index in [4.69, 9.17) is 4.74 Å². The van der Waals surface area contributed by atoms with Crippen molar-refractivity contribution >= 4 is 5.97 Å². The summed E-state index contributed by atoms with van der Waals surface area (Å²) < 4.78 is 4.72. The minimum Gasteiger partial charge on any atom is -0.468 e. The summed E-state index contributed by atoms with van der Waals surface area (Å²) in [7, 11) is 1.45. The van der Waals surface area contributed by atoms with E-state index in [-0.39, 0.29) is 12.0 Å². The molecule has 1 N–H and O–H groups in total. The molecule has 0 aromatic heterocycles. The Hall–Kier alpha value is -0.570. The summed E-state index contributed by atoms with van der Waals surface area (Å²) in [6.07, 6.45) is 0. The molecule has 0 spiro atoms. The molecule has 1 saturated carbocycles. The van der Waals surface area contributed by atoms with E-state index in [1.165, 1.54) is 7.11 Å². The predicted molar refractivity (Wildman–Crippen MR) is 44.6 cm³/mol. The fourth-order valence-corrected chi connectivity index (χ4v) is 2.58. The number of rotatable bonds is 1. The number of esters is 1. The lowest BCUT2D eigenvalue weighted by Gasteiger charge is -2.16. The Bertz CT molecular complexity index is 225. The van der Waals surface area contributed by atoms with Gasteiger partial charge in [-0.25, -0.2) is 0 Å². The zero-order valence-corrected chi connectivity index (χ0v) is 7.76. The first kappa shape index (κ1) is 8.05. The van der Waals surface area contributed by atoms with Crippen LogP contribution in [0.3, 0.4) is 0 Å². The fourth-order valence-electron chi connectivity index (χ4n) is 2.58. The van der Waals surface area contributed by atoms with E-state index in [1.54, 1.807) is 0 Å². The molecule has 1 saturated heterocycles. The van der Waals surface area contributed by atoms with Crippen LogP contribution in [0.25, 0.3) is 0 Å². The number of nitrogens with one attached hydrogen (secondary N) is 1. The Labute approximate surface area is 72.5 Å². The highest BCUT2D eigenvalue weighted by Gasteiger charge is 2.66. The number of carbonyl (C=O) groups is 1. The molecular weight excluding hydrogens is 154 g/mol. The SMILES string of the molecule is COC(=O)[C@H]1NC[C@H]2[C@@H]1C2(C)C. The molecule has 0 radical (unpaired) electrons. The smallest absolute Gasteiger partial charge is 0.323 e. The van der Waals surface area contributed by atoms with E-state index in [0.717, 1.165) is 6.54 Å². The molecule has 3 heteroatoms. The Balaban J connectivity index is 2.08. The molecule has 2 aliphatic rings. The van der Waals surface area contributed by atoms with Gasteiger partial charge in [-0.1, -0.05) is 13.8 Å². The van der Waals surface area contributed by atoms with Crippen LogP contribution in [-0.4, -0.2) is 25.7 Å². The van der Waals surface area contributed by atoms with Crippen molar-refractivity contribution in [2.45, 2.75) is 19.9 Å². The zero-order chi connectivity index (χ0) is 8.93. The third-order valence-electron chi connectivity index (χ3n) is 3.51. The molecule has 2 fully saturated rings. The lowest BCUT2D eigenvalue weighted by molar-refractivity contribution is -0.143. The summed E-state index contributed by atoms with van der Waals surface area (Å²) in [6, 6.07) is -0.0463. The molecule has 0 aromatic carbocycles. The minimum absolute atomic E-state index is 0.0463. The molecule has 2 rings (SSSR count). The zero-order valence-electron chi connectivity index (χ0n) is 7.76.